The molecule has 2 aromatic carbocycles. The lowest BCUT2D eigenvalue weighted by Gasteiger charge is -2.12. The summed E-state index contributed by atoms with van der Waals surface area (Å²) in [6.45, 7) is 1.95. The Morgan fingerprint density at radius 1 is 1.10 bits per heavy atom. The van der Waals surface area contributed by atoms with E-state index in [0.717, 1.165) is 11.1 Å². The highest BCUT2D eigenvalue weighted by atomic mass is 35.5. The SMILES string of the molecule is C[C@H](NC(=O)C=Cc1ccccc1Cl)c1ccccc1. The van der Waals surface area contributed by atoms with E-state index in [9.17, 15) is 4.79 Å². The topological polar surface area (TPSA) is 29.1 Å². The van der Waals surface area contributed by atoms with Crippen molar-refractivity contribution in [1.29, 1.82) is 0 Å². The number of halogens is 1. The molecule has 2 aromatic rings. The van der Waals surface area contributed by atoms with Crippen LogP contribution in [0.3, 0.4) is 0 Å². The predicted molar refractivity (Wildman–Crippen MR) is 83.5 cm³/mol. The van der Waals surface area contributed by atoms with E-state index < -0.39 is 0 Å². The van der Waals surface area contributed by atoms with E-state index in [1.165, 1.54) is 6.08 Å². The second-order valence-corrected chi connectivity index (χ2v) is 4.90. The largest absolute Gasteiger partial charge is 0.346 e. The highest BCUT2D eigenvalue weighted by Gasteiger charge is 2.06. The van der Waals surface area contributed by atoms with E-state index in [0.29, 0.717) is 5.02 Å². The summed E-state index contributed by atoms with van der Waals surface area (Å²) in [5.74, 6) is -0.138. The van der Waals surface area contributed by atoms with Crippen LogP contribution >= 0.6 is 11.6 Å². The van der Waals surface area contributed by atoms with Gasteiger partial charge in [-0.25, -0.2) is 0 Å². The summed E-state index contributed by atoms with van der Waals surface area (Å²) < 4.78 is 0. The van der Waals surface area contributed by atoms with Gasteiger partial charge < -0.3 is 5.32 Å². The zero-order valence-corrected chi connectivity index (χ0v) is 12.0. The summed E-state index contributed by atoms with van der Waals surface area (Å²) in [5, 5.41) is 3.55. The van der Waals surface area contributed by atoms with Gasteiger partial charge in [-0.3, -0.25) is 4.79 Å². The molecule has 2 nitrogen and oxygen atoms in total. The zero-order valence-electron chi connectivity index (χ0n) is 11.2. The molecular formula is C17H16ClNO. The highest BCUT2D eigenvalue weighted by Crippen LogP contribution is 2.16. The van der Waals surface area contributed by atoms with Crippen molar-refractivity contribution in [3.63, 3.8) is 0 Å². The van der Waals surface area contributed by atoms with Crippen LogP contribution in [0.1, 0.15) is 24.1 Å². The van der Waals surface area contributed by atoms with E-state index in [2.05, 4.69) is 5.32 Å². The summed E-state index contributed by atoms with van der Waals surface area (Å²) in [7, 11) is 0. The lowest BCUT2D eigenvalue weighted by Crippen LogP contribution is -2.24. The number of hydrogen-bond donors (Lipinski definition) is 1. The molecule has 0 unspecified atom stereocenters. The van der Waals surface area contributed by atoms with Crippen LogP contribution < -0.4 is 5.32 Å². The smallest absolute Gasteiger partial charge is 0.244 e. The second kappa shape index (κ2) is 6.92. The Bertz CT molecular complexity index is 607. The number of benzene rings is 2. The molecule has 0 bridgehead atoms. The van der Waals surface area contributed by atoms with Gasteiger partial charge in [0.05, 0.1) is 6.04 Å². The van der Waals surface area contributed by atoms with Gasteiger partial charge in [-0.1, -0.05) is 60.1 Å². The summed E-state index contributed by atoms with van der Waals surface area (Å²) in [5.41, 5.74) is 1.91. The molecule has 0 aliphatic rings. The summed E-state index contributed by atoms with van der Waals surface area (Å²) in [6.07, 6.45) is 3.22. The molecule has 1 atom stereocenters. The van der Waals surface area contributed by atoms with Gasteiger partial charge in [0.15, 0.2) is 0 Å². The maximum Gasteiger partial charge on any atom is 0.244 e. The third-order valence-electron chi connectivity index (χ3n) is 2.98. The number of rotatable bonds is 4. The van der Waals surface area contributed by atoms with E-state index in [1.807, 2.05) is 55.5 Å². The van der Waals surface area contributed by atoms with Crippen LogP contribution in [0.15, 0.2) is 60.7 Å². The minimum Gasteiger partial charge on any atom is -0.346 e. The molecule has 0 radical (unpaired) electrons. The van der Waals surface area contributed by atoms with Gasteiger partial charge in [-0.2, -0.15) is 0 Å². The van der Waals surface area contributed by atoms with E-state index >= 15 is 0 Å². The molecule has 0 aliphatic heterocycles. The molecule has 1 amide bonds. The van der Waals surface area contributed by atoms with E-state index in [1.54, 1.807) is 12.1 Å². The Balaban J connectivity index is 1.98. The minimum absolute atomic E-state index is 0.0282. The molecule has 0 fully saturated rings. The fourth-order valence-corrected chi connectivity index (χ4v) is 2.06. The molecule has 0 heterocycles. The van der Waals surface area contributed by atoms with Gasteiger partial charge >= 0.3 is 0 Å². The normalized spacial score (nSPS) is 12.3. The fraction of sp³-hybridized carbons (Fsp3) is 0.118. The standard InChI is InChI=1S/C17H16ClNO/c1-13(14-7-3-2-4-8-14)19-17(20)12-11-15-9-5-6-10-16(15)18/h2-13H,1H3,(H,19,20)/t13-/m0/s1. The van der Waals surface area contributed by atoms with Crippen LogP contribution in [0.2, 0.25) is 5.02 Å². The Morgan fingerprint density at radius 2 is 1.75 bits per heavy atom. The first-order valence-corrected chi connectivity index (χ1v) is 6.82. The number of amides is 1. The minimum atomic E-state index is -0.138. The lowest BCUT2D eigenvalue weighted by atomic mass is 10.1. The quantitative estimate of drug-likeness (QED) is 0.837. The van der Waals surface area contributed by atoms with Gasteiger partial charge in [0.2, 0.25) is 5.91 Å². The molecule has 0 saturated heterocycles. The molecule has 0 aliphatic carbocycles. The Morgan fingerprint density at radius 3 is 2.45 bits per heavy atom. The molecule has 20 heavy (non-hydrogen) atoms. The predicted octanol–water partition coefficient (Wildman–Crippen LogP) is 4.23. The van der Waals surface area contributed by atoms with Crippen LogP contribution in [0, 0.1) is 0 Å². The van der Waals surface area contributed by atoms with Crippen LogP contribution in [0.4, 0.5) is 0 Å². The summed E-state index contributed by atoms with van der Waals surface area (Å²) >= 11 is 6.03. The van der Waals surface area contributed by atoms with Crippen molar-refractivity contribution in [1.82, 2.24) is 5.32 Å². The average molecular weight is 286 g/mol. The fourth-order valence-electron chi connectivity index (χ4n) is 1.86. The highest BCUT2D eigenvalue weighted by molar-refractivity contribution is 6.32. The van der Waals surface area contributed by atoms with Crippen LogP contribution in [-0.2, 0) is 4.79 Å². The van der Waals surface area contributed by atoms with Crippen molar-refractivity contribution in [2.75, 3.05) is 0 Å². The van der Waals surface area contributed by atoms with Crippen LogP contribution in [-0.4, -0.2) is 5.91 Å². The maximum absolute atomic E-state index is 11.9. The number of carbonyl (C=O) groups excluding carboxylic acids is 1. The van der Waals surface area contributed by atoms with Crippen molar-refractivity contribution < 1.29 is 4.79 Å². The van der Waals surface area contributed by atoms with Crippen molar-refractivity contribution in [2.24, 2.45) is 0 Å². The molecular weight excluding hydrogens is 270 g/mol. The summed E-state index contributed by atoms with van der Waals surface area (Å²) in [6, 6.07) is 17.2. The van der Waals surface area contributed by atoms with Gasteiger partial charge in [0, 0.05) is 11.1 Å². The Hall–Kier alpha value is -2.06. The Kier molecular flexibility index (Phi) is 4.97. The third-order valence-corrected chi connectivity index (χ3v) is 3.32. The first kappa shape index (κ1) is 14.4. The maximum atomic E-state index is 11.9. The number of nitrogens with one attached hydrogen (secondary N) is 1. The molecule has 102 valence electrons. The van der Waals surface area contributed by atoms with Crippen molar-refractivity contribution in [3.05, 3.63) is 76.8 Å². The van der Waals surface area contributed by atoms with Gasteiger partial charge in [0.1, 0.15) is 0 Å². The average Bonchev–Trinajstić information content (AvgIpc) is 2.47. The van der Waals surface area contributed by atoms with Gasteiger partial charge in [0.25, 0.3) is 0 Å². The molecule has 0 saturated carbocycles. The lowest BCUT2D eigenvalue weighted by molar-refractivity contribution is -0.117. The number of carbonyl (C=O) groups is 1. The molecule has 1 N–H and O–H groups in total. The second-order valence-electron chi connectivity index (χ2n) is 4.50. The molecule has 3 heteroatoms. The number of hydrogen-bond acceptors (Lipinski definition) is 1. The summed E-state index contributed by atoms with van der Waals surface area (Å²) in [4.78, 5) is 11.9. The van der Waals surface area contributed by atoms with Gasteiger partial charge in [-0.15, -0.1) is 0 Å². The Labute approximate surface area is 124 Å². The third kappa shape index (κ3) is 3.97. The molecule has 0 aromatic heterocycles. The van der Waals surface area contributed by atoms with Crippen LogP contribution in [0.5, 0.6) is 0 Å². The van der Waals surface area contributed by atoms with Crippen molar-refractivity contribution >= 4 is 23.6 Å². The first-order valence-electron chi connectivity index (χ1n) is 6.45. The van der Waals surface area contributed by atoms with Crippen LogP contribution in [0.25, 0.3) is 6.08 Å². The van der Waals surface area contributed by atoms with Gasteiger partial charge in [-0.05, 0) is 30.2 Å². The molecule has 0 spiro atoms. The van der Waals surface area contributed by atoms with Crippen molar-refractivity contribution in [2.45, 2.75) is 13.0 Å². The van der Waals surface area contributed by atoms with E-state index in [-0.39, 0.29) is 11.9 Å². The monoisotopic (exact) mass is 285 g/mol. The van der Waals surface area contributed by atoms with E-state index in [4.69, 9.17) is 11.6 Å². The first-order chi connectivity index (χ1) is 9.66. The van der Waals surface area contributed by atoms with Crippen molar-refractivity contribution in [3.8, 4) is 0 Å². The molecule has 2 rings (SSSR count). The zero-order chi connectivity index (χ0) is 14.4.